The minimum Gasteiger partial charge on any atom is -0.326 e. The third kappa shape index (κ3) is 5.47. The Hall–Kier alpha value is -1.34. The van der Waals surface area contributed by atoms with Crippen molar-refractivity contribution >= 4 is 50.4 Å². The second kappa shape index (κ2) is 10.3. The summed E-state index contributed by atoms with van der Waals surface area (Å²) in [6.45, 7) is 0. The van der Waals surface area contributed by atoms with E-state index in [1.807, 2.05) is 29.2 Å². The molecule has 1 atom stereocenters. The van der Waals surface area contributed by atoms with E-state index in [0.29, 0.717) is 6.04 Å². The van der Waals surface area contributed by atoms with Gasteiger partial charge in [-0.2, -0.15) is 0 Å². The highest BCUT2D eigenvalue weighted by molar-refractivity contribution is 9.10. The monoisotopic (exact) mass is 491 g/mol. The summed E-state index contributed by atoms with van der Waals surface area (Å²) in [7, 11) is 0. The summed E-state index contributed by atoms with van der Waals surface area (Å²) < 4.78 is 0.966. The number of amidine groups is 1. The Morgan fingerprint density at radius 2 is 1.67 bits per heavy atom. The number of hydrogen-bond acceptors (Lipinski definition) is 4. The van der Waals surface area contributed by atoms with Gasteiger partial charge in [-0.25, -0.2) is 0 Å². The number of anilines is 1. The van der Waals surface area contributed by atoms with Gasteiger partial charge in [0.1, 0.15) is 5.25 Å². The lowest BCUT2D eigenvalue weighted by Gasteiger charge is -2.31. The average Bonchev–Trinajstić information content (AvgIpc) is 3.05. The molecule has 2 amide bonds. The van der Waals surface area contributed by atoms with Crippen LogP contribution in [0.2, 0.25) is 0 Å². The van der Waals surface area contributed by atoms with Gasteiger partial charge < -0.3 is 5.32 Å². The van der Waals surface area contributed by atoms with Crippen molar-refractivity contribution in [1.82, 2.24) is 4.90 Å². The average molecular weight is 492 g/mol. The molecule has 7 heteroatoms. The number of carbonyl (C=O) groups excluding carboxylic acids is 2. The molecule has 1 aromatic carbocycles. The van der Waals surface area contributed by atoms with Gasteiger partial charge in [0.15, 0.2) is 5.17 Å². The number of amides is 2. The van der Waals surface area contributed by atoms with Gasteiger partial charge >= 0.3 is 0 Å². The first-order valence-corrected chi connectivity index (χ1v) is 12.9. The molecule has 0 spiro atoms. The molecule has 3 fully saturated rings. The SMILES string of the molecule is O=C(CC1SC(=NC2CCCCC2)N(C2CCCCC2)C1=O)Nc1ccc(Br)cc1. The third-order valence-electron chi connectivity index (χ3n) is 6.27. The second-order valence-corrected chi connectivity index (χ2v) is 10.7. The number of hydrogen-bond donors (Lipinski definition) is 1. The fraction of sp³-hybridized carbons (Fsp3) is 0.609. The Morgan fingerprint density at radius 1 is 1.03 bits per heavy atom. The van der Waals surface area contributed by atoms with Gasteiger partial charge in [0.2, 0.25) is 11.8 Å². The quantitative estimate of drug-likeness (QED) is 0.570. The minimum absolute atomic E-state index is 0.0763. The summed E-state index contributed by atoms with van der Waals surface area (Å²) in [5.41, 5.74) is 0.749. The Labute approximate surface area is 191 Å². The van der Waals surface area contributed by atoms with Gasteiger partial charge in [-0.05, 0) is 49.9 Å². The van der Waals surface area contributed by atoms with E-state index in [4.69, 9.17) is 4.99 Å². The number of aliphatic imine (C=N–C) groups is 1. The molecule has 0 radical (unpaired) electrons. The predicted octanol–water partition coefficient (Wildman–Crippen LogP) is 5.74. The van der Waals surface area contributed by atoms with Crippen LogP contribution in [-0.4, -0.2) is 39.2 Å². The van der Waals surface area contributed by atoms with Crippen molar-refractivity contribution in [1.29, 1.82) is 0 Å². The zero-order valence-corrected chi connectivity index (χ0v) is 19.7. The maximum absolute atomic E-state index is 13.3. The summed E-state index contributed by atoms with van der Waals surface area (Å²) >= 11 is 4.92. The molecule has 2 aliphatic carbocycles. The third-order valence-corrected chi connectivity index (χ3v) is 7.97. The number of nitrogens with one attached hydrogen (secondary N) is 1. The zero-order chi connectivity index (χ0) is 20.9. The van der Waals surface area contributed by atoms with Crippen molar-refractivity contribution in [3.63, 3.8) is 0 Å². The van der Waals surface area contributed by atoms with Gasteiger partial charge in [-0.3, -0.25) is 19.5 Å². The summed E-state index contributed by atoms with van der Waals surface area (Å²) in [5, 5.41) is 3.43. The van der Waals surface area contributed by atoms with E-state index in [1.165, 1.54) is 50.3 Å². The number of rotatable bonds is 5. The molecule has 1 aromatic rings. The number of halogens is 1. The lowest BCUT2D eigenvalue weighted by molar-refractivity contribution is -0.130. The molecule has 162 valence electrons. The molecule has 1 unspecified atom stereocenters. The molecule has 1 heterocycles. The lowest BCUT2D eigenvalue weighted by Crippen LogP contribution is -2.43. The van der Waals surface area contributed by atoms with Crippen molar-refractivity contribution in [2.24, 2.45) is 4.99 Å². The van der Waals surface area contributed by atoms with E-state index in [2.05, 4.69) is 21.2 Å². The standard InChI is InChI=1S/C23H30BrN3O2S/c24-16-11-13-18(14-12-16)25-21(28)15-20-22(29)27(19-9-5-2-6-10-19)23(30-20)26-17-7-3-1-4-8-17/h11-14,17,19-20H,1-10,15H2,(H,25,28). The number of carbonyl (C=O) groups is 2. The Balaban J connectivity index is 1.46. The maximum atomic E-state index is 13.3. The summed E-state index contributed by atoms with van der Waals surface area (Å²) in [5.74, 6) is -0.0434. The highest BCUT2D eigenvalue weighted by Crippen LogP contribution is 2.36. The molecule has 1 N–H and O–H groups in total. The van der Waals surface area contributed by atoms with Crippen LogP contribution in [-0.2, 0) is 9.59 Å². The van der Waals surface area contributed by atoms with Gasteiger partial charge in [0.25, 0.3) is 0 Å². The topological polar surface area (TPSA) is 61.8 Å². The molecule has 1 saturated heterocycles. The molecule has 5 nitrogen and oxygen atoms in total. The molecule has 4 rings (SSSR count). The molecule has 0 aromatic heterocycles. The summed E-state index contributed by atoms with van der Waals surface area (Å²) in [6, 6.07) is 8.08. The van der Waals surface area contributed by atoms with Crippen LogP contribution in [0.15, 0.2) is 33.7 Å². The van der Waals surface area contributed by atoms with Crippen LogP contribution in [0.25, 0.3) is 0 Å². The zero-order valence-electron chi connectivity index (χ0n) is 17.3. The molecule has 3 aliphatic rings. The smallest absolute Gasteiger partial charge is 0.242 e. The normalized spacial score (nSPS) is 25.1. The second-order valence-electron chi connectivity index (χ2n) is 8.57. The first-order valence-electron chi connectivity index (χ1n) is 11.2. The molecule has 0 bridgehead atoms. The fourth-order valence-corrected chi connectivity index (χ4v) is 6.19. The first kappa shape index (κ1) is 21.9. The highest BCUT2D eigenvalue weighted by Gasteiger charge is 2.43. The van der Waals surface area contributed by atoms with Crippen LogP contribution in [0.1, 0.15) is 70.6 Å². The first-order chi connectivity index (χ1) is 14.6. The van der Waals surface area contributed by atoms with E-state index >= 15 is 0 Å². The van der Waals surface area contributed by atoms with Crippen molar-refractivity contribution in [3.8, 4) is 0 Å². The molecule has 2 saturated carbocycles. The van der Waals surface area contributed by atoms with Crippen LogP contribution in [0.3, 0.4) is 0 Å². The van der Waals surface area contributed by atoms with Crippen LogP contribution < -0.4 is 5.32 Å². The molecule has 1 aliphatic heterocycles. The van der Waals surface area contributed by atoms with Crippen molar-refractivity contribution in [3.05, 3.63) is 28.7 Å². The number of benzene rings is 1. The van der Waals surface area contributed by atoms with Crippen LogP contribution in [0, 0.1) is 0 Å². The largest absolute Gasteiger partial charge is 0.326 e. The maximum Gasteiger partial charge on any atom is 0.242 e. The van der Waals surface area contributed by atoms with Crippen molar-refractivity contribution in [2.45, 2.75) is 88.0 Å². The number of thioether (sulfide) groups is 1. The van der Waals surface area contributed by atoms with Gasteiger partial charge in [0.05, 0.1) is 6.04 Å². The van der Waals surface area contributed by atoms with E-state index in [0.717, 1.165) is 41.0 Å². The fourth-order valence-electron chi connectivity index (χ4n) is 4.66. The lowest BCUT2D eigenvalue weighted by atomic mass is 9.94. The van der Waals surface area contributed by atoms with E-state index in [9.17, 15) is 9.59 Å². The van der Waals surface area contributed by atoms with E-state index in [1.54, 1.807) is 0 Å². The van der Waals surface area contributed by atoms with Gasteiger partial charge in [0, 0.05) is 22.6 Å². The van der Waals surface area contributed by atoms with Gasteiger partial charge in [-0.1, -0.05) is 66.2 Å². The van der Waals surface area contributed by atoms with Crippen LogP contribution in [0.5, 0.6) is 0 Å². The highest BCUT2D eigenvalue weighted by atomic mass is 79.9. The number of nitrogens with zero attached hydrogens (tertiary/aromatic N) is 2. The molecular weight excluding hydrogens is 462 g/mol. The van der Waals surface area contributed by atoms with Gasteiger partial charge in [-0.15, -0.1) is 0 Å². The van der Waals surface area contributed by atoms with Crippen molar-refractivity contribution in [2.75, 3.05) is 5.32 Å². The summed E-state index contributed by atoms with van der Waals surface area (Å²) in [4.78, 5) is 33.0. The predicted molar refractivity (Wildman–Crippen MR) is 127 cm³/mol. The van der Waals surface area contributed by atoms with Crippen LogP contribution in [0.4, 0.5) is 5.69 Å². The molecule has 30 heavy (non-hydrogen) atoms. The van der Waals surface area contributed by atoms with Crippen molar-refractivity contribution < 1.29 is 9.59 Å². The Kier molecular flexibility index (Phi) is 7.52. The Bertz CT molecular complexity index is 786. The minimum atomic E-state index is -0.371. The van der Waals surface area contributed by atoms with Crippen LogP contribution >= 0.6 is 27.7 Å². The Morgan fingerprint density at radius 3 is 2.33 bits per heavy atom. The summed E-state index contributed by atoms with van der Waals surface area (Å²) in [6.07, 6.45) is 11.9. The molecular formula is C23H30BrN3O2S. The van der Waals surface area contributed by atoms with E-state index < -0.39 is 0 Å². The van der Waals surface area contributed by atoms with E-state index in [-0.39, 0.29) is 29.5 Å².